The van der Waals surface area contributed by atoms with E-state index in [0.29, 0.717) is 15.6 Å². The molecule has 0 spiro atoms. The van der Waals surface area contributed by atoms with Crippen LogP contribution in [-0.2, 0) is 0 Å². The summed E-state index contributed by atoms with van der Waals surface area (Å²) in [5.41, 5.74) is -0.0726. The normalized spacial score (nSPS) is 13.3. The molecule has 0 saturated carbocycles. The van der Waals surface area contributed by atoms with E-state index < -0.39 is 0 Å². The number of hydrogen-bond donors (Lipinski definition) is 1. The smallest absolute Gasteiger partial charge is 0.254 e. The number of carbonyl (C=O) groups is 1. The van der Waals surface area contributed by atoms with Crippen molar-refractivity contribution in [3.05, 3.63) is 33.8 Å². The van der Waals surface area contributed by atoms with Gasteiger partial charge in [0.1, 0.15) is 0 Å². The summed E-state index contributed by atoms with van der Waals surface area (Å²) < 4.78 is 0. The standard InChI is InChI=1S/C12H14BrCl2NO/c1-7(13)12(2,3)16-11(17)10-8(14)5-4-6-9(10)15/h4-7H,1-3H3,(H,16,17). The summed E-state index contributed by atoms with van der Waals surface area (Å²) in [4.78, 5) is 12.2. The summed E-state index contributed by atoms with van der Waals surface area (Å²) in [6.45, 7) is 5.82. The lowest BCUT2D eigenvalue weighted by Gasteiger charge is -2.29. The third kappa shape index (κ3) is 3.60. The van der Waals surface area contributed by atoms with E-state index in [2.05, 4.69) is 21.2 Å². The van der Waals surface area contributed by atoms with Crippen LogP contribution in [0, 0.1) is 0 Å². The first-order valence-corrected chi connectivity index (χ1v) is 6.83. The highest BCUT2D eigenvalue weighted by molar-refractivity contribution is 9.09. The summed E-state index contributed by atoms with van der Waals surface area (Å²) >= 11 is 15.4. The number of nitrogens with one attached hydrogen (secondary N) is 1. The highest BCUT2D eigenvalue weighted by atomic mass is 79.9. The van der Waals surface area contributed by atoms with Gasteiger partial charge >= 0.3 is 0 Å². The van der Waals surface area contributed by atoms with E-state index in [0.717, 1.165) is 0 Å². The molecule has 0 aliphatic carbocycles. The van der Waals surface area contributed by atoms with Crippen LogP contribution in [0.25, 0.3) is 0 Å². The summed E-state index contributed by atoms with van der Waals surface area (Å²) in [6, 6.07) is 5.00. The molecule has 2 nitrogen and oxygen atoms in total. The molecule has 1 atom stereocenters. The van der Waals surface area contributed by atoms with Gasteiger partial charge in [-0.05, 0) is 26.0 Å². The maximum atomic E-state index is 12.1. The summed E-state index contributed by atoms with van der Waals surface area (Å²) in [5.74, 6) is -0.267. The highest BCUT2D eigenvalue weighted by Crippen LogP contribution is 2.25. The second-order valence-electron chi connectivity index (χ2n) is 4.39. The molecule has 0 aliphatic rings. The van der Waals surface area contributed by atoms with Gasteiger partial charge in [0, 0.05) is 10.4 Å². The van der Waals surface area contributed by atoms with Gasteiger partial charge in [-0.2, -0.15) is 0 Å². The molecule has 1 aromatic rings. The molecule has 1 rings (SSSR count). The molecule has 94 valence electrons. The number of benzene rings is 1. The molecule has 1 unspecified atom stereocenters. The topological polar surface area (TPSA) is 29.1 Å². The van der Waals surface area contributed by atoms with Crippen molar-refractivity contribution in [3.8, 4) is 0 Å². The molecule has 17 heavy (non-hydrogen) atoms. The summed E-state index contributed by atoms with van der Waals surface area (Å²) in [5, 5.41) is 3.61. The fourth-order valence-electron chi connectivity index (χ4n) is 1.17. The molecule has 1 N–H and O–H groups in total. The molecular formula is C12H14BrCl2NO. The van der Waals surface area contributed by atoms with Crippen LogP contribution >= 0.6 is 39.1 Å². The van der Waals surface area contributed by atoms with Crippen LogP contribution < -0.4 is 5.32 Å². The van der Waals surface area contributed by atoms with Gasteiger partial charge in [0.25, 0.3) is 5.91 Å². The van der Waals surface area contributed by atoms with Crippen molar-refractivity contribution < 1.29 is 4.79 Å². The second-order valence-corrected chi connectivity index (χ2v) is 6.58. The largest absolute Gasteiger partial charge is 0.346 e. The highest BCUT2D eigenvalue weighted by Gasteiger charge is 2.27. The molecule has 0 saturated heterocycles. The Balaban J connectivity index is 2.99. The molecular weight excluding hydrogens is 325 g/mol. The monoisotopic (exact) mass is 337 g/mol. The SMILES string of the molecule is CC(Br)C(C)(C)NC(=O)c1c(Cl)cccc1Cl. The predicted molar refractivity (Wildman–Crippen MR) is 76.4 cm³/mol. The Bertz CT molecular complexity index is 412. The molecule has 0 fully saturated rings. The maximum absolute atomic E-state index is 12.1. The number of amides is 1. The zero-order valence-electron chi connectivity index (χ0n) is 9.85. The fourth-order valence-corrected chi connectivity index (χ4v) is 1.85. The van der Waals surface area contributed by atoms with Gasteiger partial charge in [-0.1, -0.05) is 52.1 Å². The van der Waals surface area contributed by atoms with Crippen molar-refractivity contribution in [3.63, 3.8) is 0 Å². The van der Waals surface area contributed by atoms with Crippen LogP contribution in [0.1, 0.15) is 31.1 Å². The number of rotatable bonds is 3. The van der Waals surface area contributed by atoms with E-state index in [1.807, 2.05) is 20.8 Å². The lowest BCUT2D eigenvalue weighted by atomic mass is 10.0. The molecule has 5 heteroatoms. The van der Waals surface area contributed by atoms with Crippen molar-refractivity contribution in [2.45, 2.75) is 31.1 Å². The van der Waals surface area contributed by atoms with Crippen LogP contribution in [0.5, 0.6) is 0 Å². The average Bonchev–Trinajstić information content (AvgIpc) is 2.15. The number of halogens is 3. The van der Waals surface area contributed by atoms with Crippen LogP contribution in [0.2, 0.25) is 10.0 Å². The molecule has 0 aliphatic heterocycles. The summed E-state index contributed by atoms with van der Waals surface area (Å²) in [7, 11) is 0. The van der Waals surface area contributed by atoms with Crippen LogP contribution in [0.4, 0.5) is 0 Å². The molecule has 0 aromatic heterocycles. The molecule has 0 radical (unpaired) electrons. The van der Waals surface area contributed by atoms with E-state index in [9.17, 15) is 4.79 Å². The van der Waals surface area contributed by atoms with Crippen LogP contribution in [-0.4, -0.2) is 16.3 Å². The Hall–Kier alpha value is -0.250. The molecule has 0 bridgehead atoms. The zero-order chi connectivity index (χ0) is 13.2. The first-order chi connectivity index (χ1) is 7.75. The van der Waals surface area contributed by atoms with Crippen molar-refractivity contribution in [2.75, 3.05) is 0 Å². The third-order valence-electron chi connectivity index (χ3n) is 2.62. The molecule has 0 heterocycles. The van der Waals surface area contributed by atoms with E-state index in [1.165, 1.54) is 0 Å². The van der Waals surface area contributed by atoms with E-state index in [-0.39, 0.29) is 16.3 Å². The minimum absolute atomic E-state index is 0.125. The van der Waals surface area contributed by atoms with Crippen molar-refractivity contribution >= 4 is 45.0 Å². The Morgan fingerprint density at radius 1 is 1.35 bits per heavy atom. The van der Waals surface area contributed by atoms with Gasteiger partial charge in [-0.3, -0.25) is 4.79 Å². The quantitative estimate of drug-likeness (QED) is 0.818. The van der Waals surface area contributed by atoms with E-state index in [1.54, 1.807) is 18.2 Å². The van der Waals surface area contributed by atoms with Gasteiger partial charge in [0.15, 0.2) is 0 Å². The van der Waals surface area contributed by atoms with Crippen molar-refractivity contribution in [1.82, 2.24) is 5.32 Å². The molecule has 1 amide bonds. The van der Waals surface area contributed by atoms with Gasteiger partial charge in [-0.15, -0.1) is 0 Å². The number of hydrogen-bond acceptors (Lipinski definition) is 1. The number of carbonyl (C=O) groups excluding carboxylic acids is 1. The predicted octanol–water partition coefficient (Wildman–Crippen LogP) is 4.29. The minimum atomic E-state index is -0.389. The summed E-state index contributed by atoms with van der Waals surface area (Å²) in [6.07, 6.45) is 0. The minimum Gasteiger partial charge on any atom is -0.346 e. The number of alkyl halides is 1. The Morgan fingerprint density at radius 3 is 2.24 bits per heavy atom. The first kappa shape index (κ1) is 14.8. The third-order valence-corrected chi connectivity index (χ3v) is 4.39. The van der Waals surface area contributed by atoms with Crippen molar-refractivity contribution in [1.29, 1.82) is 0 Å². The van der Waals surface area contributed by atoms with Gasteiger partial charge < -0.3 is 5.32 Å². The van der Waals surface area contributed by atoms with Crippen LogP contribution in [0.15, 0.2) is 18.2 Å². The van der Waals surface area contributed by atoms with Gasteiger partial charge in [0.05, 0.1) is 15.6 Å². The lowest BCUT2D eigenvalue weighted by molar-refractivity contribution is 0.0914. The zero-order valence-corrected chi connectivity index (χ0v) is 12.9. The van der Waals surface area contributed by atoms with Gasteiger partial charge in [0.2, 0.25) is 0 Å². The Labute approximate surface area is 120 Å². The average molecular weight is 339 g/mol. The first-order valence-electron chi connectivity index (χ1n) is 5.16. The van der Waals surface area contributed by atoms with E-state index >= 15 is 0 Å². The Morgan fingerprint density at radius 2 is 1.82 bits per heavy atom. The lowest BCUT2D eigenvalue weighted by Crippen LogP contribution is -2.48. The van der Waals surface area contributed by atoms with Gasteiger partial charge in [-0.25, -0.2) is 0 Å². The molecule has 1 aromatic carbocycles. The van der Waals surface area contributed by atoms with Crippen LogP contribution in [0.3, 0.4) is 0 Å². The van der Waals surface area contributed by atoms with E-state index in [4.69, 9.17) is 23.2 Å². The second kappa shape index (κ2) is 5.59. The Kier molecular flexibility index (Phi) is 4.87. The van der Waals surface area contributed by atoms with Crippen molar-refractivity contribution in [2.24, 2.45) is 0 Å². The maximum Gasteiger partial charge on any atom is 0.254 e. The fraction of sp³-hybridized carbons (Fsp3) is 0.417.